The maximum Gasteiger partial charge on any atom is 0.271 e. The number of phenolic OH excluding ortho intramolecular Hbond substituents is 1. The van der Waals surface area contributed by atoms with Crippen molar-refractivity contribution >= 4 is 23.1 Å². The lowest BCUT2D eigenvalue weighted by molar-refractivity contribution is -0.384. The molecule has 0 fully saturated rings. The molecule has 86 valence electrons. The molecule has 0 atom stereocenters. The lowest BCUT2D eigenvalue weighted by atomic mass is 10.00. The molecule has 0 amide bonds. The average Bonchev–Trinajstić information content (AvgIpc) is 2.20. The highest BCUT2D eigenvalue weighted by atomic mass is 35.5. The molecule has 0 aromatic heterocycles. The molecule has 1 aromatic rings. The third kappa shape index (κ3) is 2.30. The molecule has 0 aliphatic carbocycles. The molecule has 0 spiro atoms. The molecule has 0 unspecified atom stereocenters. The zero-order valence-corrected chi connectivity index (χ0v) is 9.49. The van der Waals surface area contributed by atoms with Crippen molar-refractivity contribution in [3.8, 4) is 5.75 Å². The van der Waals surface area contributed by atoms with Crippen molar-refractivity contribution in [2.45, 2.75) is 13.8 Å². The van der Waals surface area contributed by atoms with E-state index >= 15 is 0 Å². The molecule has 0 heterocycles. The number of hydrogen-bond acceptors (Lipinski definition) is 4. The van der Waals surface area contributed by atoms with Crippen molar-refractivity contribution in [3.63, 3.8) is 0 Å². The Morgan fingerprint density at radius 1 is 1.50 bits per heavy atom. The number of non-ortho nitro benzene ring substituents is 1. The number of carbonyl (C=O) groups is 1. The van der Waals surface area contributed by atoms with Gasteiger partial charge < -0.3 is 5.11 Å². The molecule has 16 heavy (non-hydrogen) atoms. The minimum atomic E-state index is -0.664. The predicted molar refractivity (Wildman–Crippen MR) is 58.9 cm³/mol. The molecule has 1 N–H and O–H groups in total. The number of rotatable bonds is 3. The van der Waals surface area contributed by atoms with Crippen molar-refractivity contribution in [1.29, 1.82) is 0 Å². The van der Waals surface area contributed by atoms with Gasteiger partial charge in [-0.05, 0) is 0 Å². The highest BCUT2D eigenvalue weighted by molar-refractivity contribution is 6.33. The van der Waals surface area contributed by atoms with Crippen LogP contribution in [-0.2, 0) is 0 Å². The Kier molecular flexibility index (Phi) is 3.49. The van der Waals surface area contributed by atoms with Gasteiger partial charge in [-0.1, -0.05) is 25.4 Å². The highest BCUT2D eigenvalue weighted by Crippen LogP contribution is 2.33. The Bertz CT molecular complexity index is 456. The average molecular weight is 244 g/mol. The second-order valence-corrected chi connectivity index (χ2v) is 4.01. The smallest absolute Gasteiger partial charge is 0.271 e. The number of nitro benzene ring substituents is 1. The minimum Gasteiger partial charge on any atom is -0.506 e. The van der Waals surface area contributed by atoms with Gasteiger partial charge in [0, 0.05) is 18.1 Å². The van der Waals surface area contributed by atoms with Crippen LogP contribution in [0.3, 0.4) is 0 Å². The van der Waals surface area contributed by atoms with Gasteiger partial charge in [0.15, 0.2) is 5.78 Å². The third-order valence-electron chi connectivity index (χ3n) is 2.05. The summed E-state index contributed by atoms with van der Waals surface area (Å²) in [5.74, 6) is -1.17. The number of benzene rings is 1. The molecular weight excluding hydrogens is 234 g/mol. The summed E-state index contributed by atoms with van der Waals surface area (Å²) in [6.45, 7) is 3.27. The van der Waals surface area contributed by atoms with E-state index < -0.39 is 10.7 Å². The van der Waals surface area contributed by atoms with E-state index in [1.165, 1.54) is 0 Å². The number of halogens is 1. The first-order valence-corrected chi connectivity index (χ1v) is 4.93. The first-order chi connectivity index (χ1) is 7.34. The lowest BCUT2D eigenvalue weighted by Crippen LogP contribution is -2.08. The van der Waals surface area contributed by atoms with Crippen molar-refractivity contribution in [3.05, 3.63) is 32.8 Å². The summed E-state index contributed by atoms with van der Waals surface area (Å²) in [6, 6.07) is 2.04. The van der Waals surface area contributed by atoms with Crippen molar-refractivity contribution in [2.24, 2.45) is 5.92 Å². The van der Waals surface area contributed by atoms with Gasteiger partial charge in [-0.15, -0.1) is 0 Å². The summed E-state index contributed by atoms with van der Waals surface area (Å²) in [4.78, 5) is 21.5. The van der Waals surface area contributed by atoms with Crippen LogP contribution in [0.5, 0.6) is 5.75 Å². The van der Waals surface area contributed by atoms with Crippen LogP contribution < -0.4 is 0 Å². The number of nitrogens with zero attached hydrogens (tertiary/aromatic N) is 1. The van der Waals surface area contributed by atoms with E-state index in [0.717, 1.165) is 12.1 Å². The highest BCUT2D eigenvalue weighted by Gasteiger charge is 2.21. The van der Waals surface area contributed by atoms with Gasteiger partial charge in [0.25, 0.3) is 5.69 Å². The fourth-order valence-corrected chi connectivity index (χ4v) is 1.40. The topological polar surface area (TPSA) is 80.4 Å². The van der Waals surface area contributed by atoms with Gasteiger partial charge in [-0.25, -0.2) is 0 Å². The lowest BCUT2D eigenvalue weighted by Gasteiger charge is -2.07. The zero-order valence-electron chi connectivity index (χ0n) is 8.73. The number of ketones is 1. The summed E-state index contributed by atoms with van der Waals surface area (Å²) in [5.41, 5.74) is -0.430. The number of Topliss-reactive ketones (excluding diaryl/α,β-unsaturated/α-hetero) is 1. The summed E-state index contributed by atoms with van der Waals surface area (Å²) >= 11 is 5.61. The molecule has 0 saturated carbocycles. The Hall–Kier alpha value is -1.62. The maximum absolute atomic E-state index is 11.7. The van der Waals surface area contributed by atoms with E-state index in [-0.39, 0.29) is 28.0 Å². The Morgan fingerprint density at radius 2 is 2.06 bits per heavy atom. The molecule has 1 rings (SSSR count). The number of nitro groups is 1. The first kappa shape index (κ1) is 12.4. The van der Waals surface area contributed by atoms with Gasteiger partial charge in [-0.3, -0.25) is 14.9 Å². The number of aromatic hydroxyl groups is 1. The summed E-state index contributed by atoms with van der Waals surface area (Å²) < 4.78 is 0. The molecule has 0 aliphatic rings. The van der Waals surface area contributed by atoms with Gasteiger partial charge in [-0.2, -0.15) is 0 Å². The Labute approximate surface area is 96.8 Å². The van der Waals surface area contributed by atoms with Crippen LogP contribution in [-0.4, -0.2) is 15.8 Å². The third-order valence-corrected chi connectivity index (χ3v) is 2.34. The van der Waals surface area contributed by atoms with Crippen molar-refractivity contribution in [1.82, 2.24) is 0 Å². The number of hydrogen-bond donors (Lipinski definition) is 1. The Balaban J connectivity index is 3.38. The predicted octanol–water partition coefficient (Wildman–Crippen LogP) is 2.79. The zero-order chi connectivity index (χ0) is 12.5. The number of carbonyl (C=O) groups excluding carboxylic acids is 1. The van der Waals surface area contributed by atoms with Crippen LogP contribution in [0.25, 0.3) is 0 Å². The largest absolute Gasteiger partial charge is 0.506 e. The fourth-order valence-electron chi connectivity index (χ4n) is 1.19. The van der Waals surface area contributed by atoms with Crippen LogP contribution >= 0.6 is 11.6 Å². The van der Waals surface area contributed by atoms with Gasteiger partial charge in [0.05, 0.1) is 15.5 Å². The standard InChI is InChI=1S/C10H10ClNO4/c1-5(2)9(13)7-3-6(12(15)16)4-8(11)10(7)14/h3-5,14H,1-2H3. The van der Waals surface area contributed by atoms with Crippen LogP contribution in [0.2, 0.25) is 5.02 Å². The van der Waals surface area contributed by atoms with E-state index in [9.17, 15) is 20.0 Å². The molecule has 0 bridgehead atoms. The second kappa shape index (κ2) is 4.49. The molecule has 1 aromatic carbocycles. The van der Waals surface area contributed by atoms with Crippen LogP contribution in [0.4, 0.5) is 5.69 Å². The molecule has 0 radical (unpaired) electrons. The summed E-state index contributed by atoms with van der Waals surface area (Å²) in [6.07, 6.45) is 0. The molecule has 0 aliphatic heterocycles. The summed E-state index contributed by atoms with van der Waals surface area (Å²) in [7, 11) is 0. The molecule has 0 saturated heterocycles. The van der Waals surface area contributed by atoms with Gasteiger partial charge >= 0.3 is 0 Å². The Morgan fingerprint density at radius 3 is 2.50 bits per heavy atom. The normalized spacial score (nSPS) is 10.5. The molecule has 6 heteroatoms. The minimum absolute atomic E-state index is 0.116. The van der Waals surface area contributed by atoms with Gasteiger partial charge in [0.2, 0.25) is 0 Å². The molecule has 5 nitrogen and oxygen atoms in total. The monoisotopic (exact) mass is 243 g/mol. The van der Waals surface area contributed by atoms with Crippen LogP contribution in [0.15, 0.2) is 12.1 Å². The SMILES string of the molecule is CC(C)C(=O)c1cc([N+](=O)[O-])cc(Cl)c1O. The van der Waals surface area contributed by atoms with E-state index in [1.807, 2.05) is 0 Å². The second-order valence-electron chi connectivity index (χ2n) is 3.60. The quantitative estimate of drug-likeness (QED) is 0.503. The number of phenols is 1. The van der Waals surface area contributed by atoms with Crippen molar-refractivity contribution < 1.29 is 14.8 Å². The van der Waals surface area contributed by atoms with Crippen molar-refractivity contribution in [2.75, 3.05) is 0 Å². The fraction of sp³-hybridized carbons (Fsp3) is 0.300. The van der Waals surface area contributed by atoms with E-state index in [1.54, 1.807) is 13.8 Å². The van der Waals surface area contributed by atoms with E-state index in [4.69, 9.17) is 11.6 Å². The van der Waals surface area contributed by atoms with E-state index in [0.29, 0.717) is 0 Å². The molecular formula is C10H10ClNO4. The van der Waals surface area contributed by atoms with E-state index in [2.05, 4.69) is 0 Å². The maximum atomic E-state index is 11.7. The van der Waals surface area contributed by atoms with Crippen LogP contribution in [0.1, 0.15) is 24.2 Å². The summed E-state index contributed by atoms with van der Waals surface area (Å²) in [5, 5.41) is 19.9. The van der Waals surface area contributed by atoms with Gasteiger partial charge in [0.1, 0.15) is 5.75 Å². The van der Waals surface area contributed by atoms with Crippen LogP contribution in [0, 0.1) is 16.0 Å². The first-order valence-electron chi connectivity index (χ1n) is 4.55.